The van der Waals surface area contributed by atoms with Gasteiger partial charge >= 0.3 is 12.2 Å². The van der Waals surface area contributed by atoms with Crippen molar-refractivity contribution in [2.45, 2.75) is 52.2 Å². The fourth-order valence-electron chi connectivity index (χ4n) is 3.56. The average molecular weight is 425 g/mol. The molecule has 2 atom stereocenters. The van der Waals surface area contributed by atoms with E-state index in [0.29, 0.717) is 13.1 Å². The van der Waals surface area contributed by atoms with Crippen LogP contribution in [0.1, 0.15) is 50.8 Å². The molecule has 0 radical (unpaired) electrons. The van der Waals surface area contributed by atoms with Crippen LogP contribution in [0.15, 0.2) is 18.2 Å². The first-order valence-electron chi connectivity index (χ1n) is 10.3. The molecule has 30 heavy (non-hydrogen) atoms. The number of carbonyl (C=O) groups is 2. The van der Waals surface area contributed by atoms with Crippen LogP contribution < -0.4 is 5.32 Å². The fraction of sp³-hybridized carbons (Fsp3) is 0.636. The minimum atomic E-state index is -0.571. The molecule has 1 aromatic carbocycles. The number of benzene rings is 1. The molecule has 1 aliphatic rings. The maximum atomic E-state index is 14.0. The minimum absolute atomic E-state index is 0.0232. The van der Waals surface area contributed by atoms with Crippen LogP contribution in [-0.4, -0.2) is 56.0 Å². The van der Waals surface area contributed by atoms with Crippen molar-refractivity contribution in [3.05, 3.63) is 35.1 Å². The maximum absolute atomic E-state index is 14.0. The summed E-state index contributed by atoms with van der Waals surface area (Å²) in [6.45, 7) is 8.99. The molecule has 0 bridgehead atoms. The van der Waals surface area contributed by atoms with Gasteiger partial charge in [-0.15, -0.1) is 0 Å². The van der Waals surface area contributed by atoms with E-state index >= 15 is 0 Å². The van der Waals surface area contributed by atoms with E-state index in [2.05, 4.69) is 10.1 Å². The van der Waals surface area contributed by atoms with Crippen molar-refractivity contribution >= 4 is 12.2 Å². The first kappa shape index (κ1) is 23.9. The van der Waals surface area contributed by atoms with Gasteiger partial charge in [-0.1, -0.05) is 6.07 Å². The fourth-order valence-corrected chi connectivity index (χ4v) is 3.56. The number of nitrogens with one attached hydrogen (secondary N) is 1. The van der Waals surface area contributed by atoms with Crippen molar-refractivity contribution in [3.63, 3.8) is 0 Å². The summed E-state index contributed by atoms with van der Waals surface area (Å²) in [5.41, 5.74) is 1.10. The number of ether oxygens (including phenoxy) is 3. The zero-order valence-corrected chi connectivity index (χ0v) is 18.5. The lowest BCUT2D eigenvalue weighted by Gasteiger charge is -2.38. The zero-order valence-electron chi connectivity index (χ0n) is 18.5. The summed E-state index contributed by atoms with van der Waals surface area (Å²) in [5, 5.41) is 2.58. The van der Waals surface area contributed by atoms with Crippen LogP contribution in [0.4, 0.5) is 14.0 Å². The summed E-state index contributed by atoms with van der Waals surface area (Å²) in [5.74, 6) is -0.360. The van der Waals surface area contributed by atoms with Gasteiger partial charge in [0.15, 0.2) is 0 Å². The number of hydrogen-bond acceptors (Lipinski definition) is 5. The molecular formula is C22H33FN2O5. The van der Waals surface area contributed by atoms with Crippen LogP contribution >= 0.6 is 0 Å². The number of nitrogens with zero attached hydrogens (tertiary/aromatic N) is 1. The highest BCUT2D eigenvalue weighted by atomic mass is 19.1. The Morgan fingerprint density at radius 3 is 2.73 bits per heavy atom. The molecule has 0 aromatic heterocycles. The second-order valence-corrected chi connectivity index (χ2v) is 8.54. The molecular weight excluding hydrogens is 391 g/mol. The lowest BCUT2D eigenvalue weighted by atomic mass is 9.86. The van der Waals surface area contributed by atoms with Crippen molar-refractivity contribution in [2.75, 3.05) is 33.4 Å². The molecule has 1 N–H and O–H groups in total. The highest BCUT2D eigenvalue weighted by Crippen LogP contribution is 2.35. The van der Waals surface area contributed by atoms with E-state index < -0.39 is 17.8 Å². The van der Waals surface area contributed by atoms with Gasteiger partial charge in [0.2, 0.25) is 0 Å². The monoisotopic (exact) mass is 424 g/mol. The SMILES string of the molecule is COC(=O)NCCOC(c1cc(F)ccc1C)C1CCCN(C(=O)OC(C)(C)C)C1. The van der Waals surface area contributed by atoms with Gasteiger partial charge in [0.05, 0.1) is 19.8 Å². The molecule has 7 nitrogen and oxygen atoms in total. The summed E-state index contributed by atoms with van der Waals surface area (Å²) in [7, 11) is 1.29. The Hall–Kier alpha value is -2.35. The zero-order chi connectivity index (χ0) is 22.3. The van der Waals surface area contributed by atoms with Crippen LogP contribution in [0, 0.1) is 18.7 Å². The Kier molecular flexibility index (Phi) is 8.46. The highest BCUT2D eigenvalue weighted by molar-refractivity contribution is 5.68. The van der Waals surface area contributed by atoms with Gasteiger partial charge in [0, 0.05) is 25.6 Å². The van der Waals surface area contributed by atoms with Gasteiger partial charge in [0.25, 0.3) is 0 Å². The number of rotatable bonds is 6. The van der Waals surface area contributed by atoms with Crippen molar-refractivity contribution < 1.29 is 28.2 Å². The number of carbonyl (C=O) groups excluding carboxylic acids is 2. The number of amides is 2. The lowest BCUT2D eigenvalue weighted by molar-refractivity contribution is -0.0249. The Bertz CT molecular complexity index is 735. The number of halogens is 1. The second-order valence-electron chi connectivity index (χ2n) is 8.54. The Morgan fingerprint density at radius 1 is 1.33 bits per heavy atom. The number of likely N-dealkylation sites (tertiary alicyclic amines) is 1. The predicted octanol–water partition coefficient (Wildman–Crippen LogP) is 4.19. The molecule has 8 heteroatoms. The van der Waals surface area contributed by atoms with E-state index in [-0.39, 0.29) is 31.0 Å². The third-order valence-electron chi connectivity index (χ3n) is 4.94. The number of hydrogen-bond donors (Lipinski definition) is 1. The summed E-state index contributed by atoms with van der Waals surface area (Å²) in [6, 6.07) is 4.63. The highest BCUT2D eigenvalue weighted by Gasteiger charge is 2.33. The Balaban J connectivity index is 2.15. The normalized spacial score (nSPS) is 17.9. The largest absolute Gasteiger partial charge is 0.453 e. The Labute approximate surface area is 177 Å². The quantitative estimate of drug-likeness (QED) is 0.693. The third kappa shape index (κ3) is 7.16. The second kappa shape index (κ2) is 10.6. The molecule has 0 aliphatic carbocycles. The lowest BCUT2D eigenvalue weighted by Crippen LogP contribution is -2.44. The smallest absolute Gasteiger partial charge is 0.410 e. The van der Waals surface area contributed by atoms with Crippen molar-refractivity contribution in [1.82, 2.24) is 10.2 Å². The predicted molar refractivity (Wildman–Crippen MR) is 111 cm³/mol. The molecule has 0 saturated carbocycles. The van der Waals surface area contributed by atoms with E-state index in [1.165, 1.54) is 19.2 Å². The molecule has 0 spiro atoms. The molecule has 1 aromatic rings. The van der Waals surface area contributed by atoms with Gasteiger partial charge in [-0.25, -0.2) is 14.0 Å². The standard InChI is InChI=1S/C22H33FN2O5/c1-15-8-9-17(23)13-18(15)19(29-12-10-24-20(26)28-5)16-7-6-11-25(14-16)21(27)30-22(2,3)4/h8-9,13,16,19H,6-7,10-12,14H2,1-5H3,(H,24,26). The molecule has 1 fully saturated rings. The maximum Gasteiger partial charge on any atom is 0.410 e. The van der Waals surface area contributed by atoms with Crippen LogP contribution in [0.25, 0.3) is 0 Å². The van der Waals surface area contributed by atoms with Gasteiger partial charge in [-0.2, -0.15) is 0 Å². The van der Waals surface area contributed by atoms with Crippen molar-refractivity contribution in [2.24, 2.45) is 5.92 Å². The summed E-state index contributed by atoms with van der Waals surface area (Å²) >= 11 is 0. The van der Waals surface area contributed by atoms with Gasteiger partial charge in [-0.05, 0) is 63.8 Å². The van der Waals surface area contributed by atoms with E-state index in [9.17, 15) is 14.0 Å². The molecule has 1 heterocycles. The average Bonchev–Trinajstić information content (AvgIpc) is 2.68. The third-order valence-corrected chi connectivity index (χ3v) is 4.94. The molecule has 1 aliphatic heterocycles. The number of aryl methyl sites for hydroxylation is 1. The number of methoxy groups -OCH3 is 1. The van der Waals surface area contributed by atoms with Gasteiger partial charge in [-0.3, -0.25) is 0 Å². The van der Waals surface area contributed by atoms with Crippen molar-refractivity contribution in [1.29, 1.82) is 0 Å². The van der Waals surface area contributed by atoms with Crippen LogP contribution in [0.2, 0.25) is 0 Å². The first-order chi connectivity index (χ1) is 14.1. The molecule has 2 unspecified atom stereocenters. The summed E-state index contributed by atoms with van der Waals surface area (Å²) < 4.78 is 30.2. The van der Waals surface area contributed by atoms with Crippen LogP contribution in [0.3, 0.4) is 0 Å². The molecule has 2 amide bonds. The topological polar surface area (TPSA) is 77.1 Å². The van der Waals surface area contributed by atoms with Crippen LogP contribution in [-0.2, 0) is 14.2 Å². The molecule has 168 valence electrons. The van der Waals surface area contributed by atoms with E-state index in [0.717, 1.165) is 24.0 Å². The van der Waals surface area contributed by atoms with E-state index in [1.807, 2.05) is 27.7 Å². The number of piperidine rings is 1. The summed E-state index contributed by atoms with van der Waals surface area (Å²) in [6.07, 6.45) is 0.341. The van der Waals surface area contributed by atoms with Gasteiger partial charge in [0.1, 0.15) is 11.4 Å². The Morgan fingerprint density at radius 2 is 2.07 bits per heavy atom. The van der Waals surface area contributed by atoms with E-state index in [1.54, 1.807) is 11.0 Å². The molecule has 2 rings (SSSR count). The van der Waals surface area contributed by atoms with Crippen molar-refractivity contribution in [3.8, 4) is 0 Å². The number of alkyl carbamates (subject to hydrolysis) is 1. The first-order valence-corrected chi connectivity index (χ1v) is 10.3. The summed E-state index contributed by atoms with van der Waals surface area (Å²) in [4.78, 5) is 25.5. The van der Waals surface area contributed by atoms with E-state index in [4.69, 9.17) is 9.47 Å². The van der Waals surface area contributed by atoms with Crippen LogP contribution in [0.5, 0.6) is 0 Å². The minimum Gasteiger partial charge on any atom is -0.453 e. The molecule has 1 saturated heterocycles. The van der Waals surface area contributed by atoms with Gasteiger partial charge < -0.3 is 24.4 Å².